The van der Waals surface area contributed by atoms with E-state index in [1.54, 1.807) is 0 Å². The van der Waals surface area contributed by atoms with Gasteiger partial charge in [0, 0.05) is 7.11 Å². The molecule has 1 saturated heterocycles. The van der Waals surface area contributed by atoms with Gasteiger partial charge in [0.2, 0.25) is 5.28 Å². The van der Waals surface area contributed by atoms with Crippen LogP contribution in [0.5, 0.6) is 0 Å². The summed E-state index contributed by atoms with van der Waals surface area (Å²) in [4.78, 5) is 26.7. The van der Waals surface area contributed by atoms with Gasteiger partial charge in [-0.05, 0) is 35.6 Å². The number of hydrogen-bond acceptors (Lipinski definition) is 12. The second kappa shape index (κ2) is 10.5. The Morgan fingerprint density at radius 3 is 2.71 bits per heavy atom. The smallest absolute Gasteiger partial charge is 0.342 e. The molecule has 3 heterocycles. The molecule has 206 valence electrons. The lowest BCUT2D eigenvalue weighted by Gasteiger charge is -2.20. The van der Waals surface area contributed by atoms with Crippen LogP contribution in [-0.4, -0.2) is 82.9 Å². The van der Waals surface area contributed by atoms with Crippen LogP contribution < -0.4 is 5.32 Å². The molecule has 6 atom stereocenters. The fourth-order valence-corrected chi connectivity index (χ4v) is 7.82. The predicted molar refractivity (Wildman–Crippen MR) is 133 cm³/mol. The summed E-state index contributed by atoms with van der Waals surface area (Å²) < 4.78 is 40.4. The first-order chi connectivity index (χ1) is 18.0. The van der Waals surface area contributed by atoms with Crippen LogP contribution in [0.25, 0.3) is 11.2 Å². The summed E-state index contributed by atoms with van der Waals surface area (Å²) in [5.74, 6) is -0.824. The molecule has 1 aliphatic heterocycles. The van der Waals surface area contributed by atoms with E-state index >= 15 is 0 Å². The number of aliphatic hydroxyl groups excluding tert-OH is 2. The number of benzene rings is 1. The summed E-state index contributed by atoms with van der Waals surface area (Å²) in [5.41, 5.74) is 2.75. The lowest BCUT2D eigenvalue weighted by Crippen LogP contribution is -2.34. The van der Waals surface area contributed by atoms with Crippen molar-refractivity contribution >= 4 is 43.8 Å². The van der Waals surface area contributed by atoms with Crippen molar-refractivity contribution < 1.29 is 42.9 Å². The van der Waals surface area contributed by atoms with Gasteiger partial charge in [0.05, 0.1) is 12.6 Å². The maximum Gasteiger partial charge on any atom is 0.342 e. The number of nitrogens with one attached hydrogen (secondary N) is 1. The Morgan fingerprint density at radius 1 is 1.21 bits per heavy atom. The van der Waals surface area contributed by atoms with E-state index in [1.165, 1.54) is 5.56 Å². The van der Waals surface area contributed by atoms with Gasteiger partial charge in [-0.1, -0.05) is 29.5 Å². The quantitative estimate of drug-likeness (QED) is 0.177. The summed E-state index contributed by atoms with van der Waals surface area (Å²) in [6.45, 7) is -0.601. The minimum absolute atomic E-state index is 0.0354. The number of fused-ring (bicyclic) bond motifs is 2. The van der Waals surface area contributed by atoms with Gasteiger partial charge in [-0.15, -0.1) is 5.10 Å². The molecule has 38 heavy (non-hydrogen) atoms. The van der Waals surface area contributed by atoms with Crippen LogP contribution in [0.4, 0.5) is 5.82 Å². The molecule has 5 rings (SSSR count). The maximum absolute atomic E-state index is 12.5. The number of aliphatic hydroxyl groups is 2. The molecule has 2 aliphatic rings. The SMILES string of the molecule is COP(=O)(CP(=O)(O)O)OC[C@H]1OC(n2nnc3c(NC4CCc5ccccc54)nc(Cl)nc32)[C@H](O)[C@@H]1O. The van der Waals surface area contributed by atoms with Gasteiger partial charge in [-0.25, -0.2) is 0 Å². The Balaban J connectivity index is 1.37. The van der Waals surface area contributed by atoms with E-state index in [0.29, 0.717) is 5.82 Å². The highest BCUT2D eigenvalue weighted by Crippen LogP contribution is 2.58. The molecule has 18 heteroatoms. The van der Waals surface area contributed by atoms with Crippen LogP contribution >= 0.6 is 26.8 Å². The number of aromatic nitrogens is 5. The molecule has 3 aromatic rings. The number of aryl methyl sites for hydroxylation is 1. The van der Waals surface area contributed by atoms with Gasteiger partial charge >= 0.3 is 15.2 Å². The lowest BCUT2D eigenvalue weighted by molar-refractivity contribution is -0.0552. The van der Waals surface area contributed by atoms with Gasteiger partial charge in [0.15, 0.2) is 29.1 Å². The van der Waals surface area contributed by atoms with Crippen molar-refractivity contribution in [3.8, 4) is 0 Å². The number of rotatable bonds is 9. The number of halogens is 1. The molecule has 2 aromatic heterocycles. The molecule has 5 N–H and O–H groups in total. The molecule has 1 aliphatic carbocycles. The predicted octanol–water partition coefficient (Wildman–Crippen LogP) is 1.58. The number of anilines is 1. The number of nitrogens with zero attached hydrogens (tertiary/aromatic N) is 5. The first kappa shape index (κ1) is 27.5. The fraction of sp³-hybridized carbons (Fsp3) is 0.500. The Morgan fingerprint density at radius 2 is 1.97 bits per heavy atom. The minimum Gasteiger partial charge on any atom is -0.387 e. The summed E-state index contributed by atoms with van der Waals surface area (Å²) in [6.07, 6.45) is -3.88. The molecule has 0 saturated carbocycles. The first-order valence-electron chi connectivity index (χ1n) is 11.5. The first-order valence-corrected chi connectivity index (χ1v) is 15.4. The van der Waals surface area contributed by atoms with Crippen molar-refractivity contribution in [1.29, 1.82) is 0 Å². The third-order valence-corrected chi connectivity index (χ3v) is 10.5. The Hall–Kier alpha value is -2.03. The van der Waals surface area contributed by atoms with Crippen molar-refractivity contribution in [2.45, 2.75) is 43.4 Å². The molecular formula is C20H25ClN6O9P2. The molecule has 0 spiro atoms. The van der Waals surface area contributed by atoms with E-state index in [2.05, 4.69) is 36.2 Å². The van der Waals surface area contributed by atoms with Crippen molar-refractivity contribution in [3.05, 3.63) is 40.7 Å². The van der Waals surface area contributed by atoms with E-state index in [9.17, 15) is 19.3 Å². The molecule has 1 aromatic carbocycles. The summed E-state index contributed by atoms with van der Waals surface area (Å²) in [5, 5.41) is 32.6. The van der Waals surface area contributed by atoms with Crippen molar-refractivity contribution in [3.63, 3.8) is 0 Å². The molecule has 3 unspecified atom stereocenters. The van der Waals surface area contributed by atoms with Crippen molar-refractivity contribution in [1.82, 2.24) is 25.0 Å². The Bertz CT molecular complexity index is 1440. The molecular weight excluding hydrogens is 566 g/mol. The highest BCUT2D eigenvalue weighted by molar-refractivity contribution is 7.70. The van der Waals surface area contributed by atoms with E-state index in [0.717, 1.165) is 30.2 Å². The fourth-order valence-electron chi connectivity index (χ4n) is 4.58. The van der Waals surface area contributed by atoms with E-state index < -0.39 is 52.2 Å². The largest absolute Gasteiger partial charge is 0.387 e. The van der Waals surface area contributed by atoms with Crippen LogP contribution in [0.3, 0.4) is 0 Å². The van der Waals surface area contributed by atoms with Gasteiger partial charge in [0.25, 0.3) is 0 Å². The van der Waals surface area contributed by atoms with E-state index in [4.69, 9.17) is 30.6 Å². The summed E-state index contributed by atoms with van der Waals surface area (Å²) in [7, 11) is -7.97. The zero-order valence-electron chi connectivity index (χ0n) is 19.9. The van der Waals surface area contributed by atoms with Crippen LogP contribution in [0.1, 0.15) is 29.8 Å². The topological polar surface area (TPSA) is 211 Å². The zero-order valence-corrected chi connectivity index (χ0v) is 22.4. The average Bonchev–Trinajstić information content (AvgIpc) is 3.54. The van der Waals surface area contributed by atoms with E-state index in [1.807, 2.05) is 18.2 Å². The third-order valence-electron chi connectivity index (χ3n) is 6.39. The maximum atomic E-state index is 12.5. The summed E-state index contributed by atoms with van der Waals surface area (Å²) >= 11 is 6.19. The molecule has 0 amide bonds. The summed E-state index contributed by atoms with van der Waals surface area (Å²) in [6, 6.07) is 8.01. The van der Waals surface area contributed by atoms with Gasteiger partial charge in [0.1, 0.15) is 18.3 Å². The second-order valence-corrected chi connectivity index (χ2v) is 13.6. The van der Waals surface area contributed by atoms with Gasteiger partial charge < -0.3 is 39.1 Å². The normalized spacial score (nSPS) is 26.9. The molecule has 0 bridgehead atoms. The standard InChI is InChI=1S/C20H25ClN6O9P2/c1-34-38(33,9-37(30,31)32)35-8-13-15(28)16(29)19(36-13)27-18-14(25-26-27)17(23-20(21)24-18)22-12-7-6-10-4-2-3-5-11(10)12/h2-5,12-13,15-16,19,28-29H,6-9H2,1H3,(H,22,23,24)(H2,30,31,32)/t12?,13-,15-,16-,19?,38?/m1/s1. The van der Waals surface area contributed by atoms with Crippen molar-refractivity contribution in [2.75, 3.05) is 24.9 Å². The van der Waals surface area contributed by atoms with E-state index in [-0.39, 0.29) is 22.5 Å². The second-order valence-electron chi connectivity index (χ2n) is 8.92. The molecule has 0 radical (unpaired) electrons. The van der Waals surface area contributed by atoms with Crippen LogP contribution in [-0.2, 0) is 29.3 Å². The third kappa shape index (κ3) is 5.50. The van der Waals surface area contributed by atoms with Gasteiger partial charge in [-0.3, -0.25) is 9.13 Å². The van der Waals surface area contributed by atoms with Crippen LogP contribution in [0.15, 0.2) is 24.3 Å². The monoisotopic (exact) mass is 590 g/mol. The average molecular weight is 591 g/mol. The highest BCUT2D eigenvalue weighted by Gasteiger charge is 2.46. The highest BCUT2D eigenvalue weighted by atomic mass is 35.5. The minimum atomic E-state index is -4.73. The van der Waals surface area contributed by atoms with Crippen LogP contribution in [0, 0.1) is 0 Å². The van der Waals surface area contributed by atoms with Crippen LogP contribution in [0.2, 0.25) is 5.28 Å². The number of hydrogen-bond donors (Lipinski definition) is 5. The lowest BCUT2D eigenvalue weighted by atomic mass is 10.1. The number of ether oxygens (including phenoxy) is 1. The Labute approximate surface area is 220 Å². The molecule has 15 nitrogen and oxygen atoms in total. The van der Waals surface area contributed by atoms with Crippen molar-refractivity contribution in [2.24, 2.45) is 0 Å². The Kier molecular flexibility index (Phi) is 7.61. The van der Waals surface area contributed by atoms with Gasteiger partial charge in [-0.2, -0.15) is 14.6 Å². The molecule has 1 fully saturated rings. The zero-order chi connectivity index (χ0) is 27.2.